The third-order valence-electron chi connectivity index (χ3n) is 4.44. The predicted octanol–water partition coefficient (Wildman–Crippen LogP) is -0.178. The summed E-state index contributed by atoms with van der Waals surface area (Å²) in [5.74, 6) is 0. The maximum Gasteiger partial charge on any atom is 0.505 e. The Balaban J connectivity index is 3.03. The Morgan fingerprint density at radius 3 is 0.700 bits per heavy atom. The van der Waals surface area contributed by atoms with Gasteiger partial charge in [-0.3, -0.25) is 0 Å². The molecule has 0 aliphatic carbocycles. The predicted molar refractivity (Wildman–Crippen MR) is 142 cm³/mol. The van der Waals surface area contributed by atoms with Gasteiger partial charge in [0.1, 0.15) is 6.61 Å². The van der Waals surface area contributed by atoms with Crippen LogP contribution in [0.4, 0.5) is 4.79 Å². The zero-order chi connectivity index (χ0) is 29.0. The fourth-order valence-electron chi connectivity index (χ4n) is 2.57. The maximum atomic E-state index is 10.1. The largest absolute Gasteiger partial charge is 0.505 e. The Morgan fingerprint density at radius 2 is 0.525 bits per heavy atom. The highest BCUT2D eigenvalue weighted by Gasteiger charge is 1.97. The van der Waals surface area contributed by atoms with E-state index >= 15 is 0 Å². The van der Waals surface area contributed by atoms with Gasteiger partial charge in [-0.15, -0.1) is 0 Å². The van der Waals surface area contributed by atoms with E-state index in [4.69, 9.17) is 62.9 Å². The molecule has 0 fully saturated rings. The van der Waals surface area contributed by atoms with Gasteiger partial charge in [-0.2, -0.15) is 0 Å². The average molecular weight is 590 g/mol. The van der Waals surface area contributed by atoms with Gasteiger partial charge in [0.2, 0.25) is 0 Å². The number of rotatable bonds is 35. The molecule has 240 valence electrons. The molecule has 0 atom stereocenters. The third-order valence-corrected chi connectivity index (χ3v) is 4.44. The molecular formula is C25H51NO14. The maximum absolute atomic E-state index is 10.1. The minimum Gasteiger partial charge on any atom is -0.450 e. The lowest BCUT2D eigenvalue weighted by molar-refractivity contribution is -0.0280. The number of ether oxygens (including phenoxy) is 12. The van der Waals surface area contributed by atoms with E-state index in [2.05, 4.69) is 4.74 Å². The second kappa shape index (κ2) is 35.8. The summed E-state index contributed by atoms with van der Waals surface area (Å²) >= 11 is 0. The second-order valence-electron chi connectivity index (χ2n) is 7.64. The normalized spacial score (nSPS) is 11.3. The Labute approximate surface area is 237 Å². The second-order valence-corrected chi connectivity index (χ2v) is 7.64. The van der Waals surface area contributed by atoms with Crippen LogP contribution in [0, 0.1) is 0 Å². The number of hydrogen-bond acceptors (Lipinski definition) is 14. The lowest BCUT2D eigenvalue weighted by atomic mass is 10.6. The number of carboxylic acid groups (broad SMARTS) is 1. The van der Waals surface area contributed by atoms with Crippen LogP contribution in [0.2, 0.25) is 0 Å². The minimum absolute atomic E-state index is 0.00832. The first-order valence-corrected chi connectivity index (χ1v) is 13.7. The van der Waals surface area contributed by atoms with Crippen molar-refractivity contribution in [1.29, 1.82) is 0 Å². The molecular weight excluding hydrogens is 538 g/mol. The fourth-order valence-corrected chi connectivity index (χ4v) is 2.57. The van der Waals surface area contributed by atoms with Crippen LogP contribution in [-0.2, 0) is 56.8 Å². The minimum atomic E-state index is -1.31. The van der Waals surface area contributed by atoms with E-state index in [1.165, 1.54) is 0 Å². The molecule has 0 saturated carbocycles. The molecule has 0 rings (SSSR count). The molecule has 40 heavy (non-hydrogen) atoms. The van der Waals surface area contributed by atoms with Crippen molar-refractivity contribution in [3.05, 3.63) is 0 Å². The molecule has 0 saturated heterocycles. The van der Waals surface area contributed by atoms with Crippen molar-refractivity contribution in [3.8, 4) is 0 Å². The van der Waals surface area contributed by atoms with Crippen LogP contribution >= 0.6 is 0 Å². The first-order valence-electron chi connectivity index (χ1n) is 13.7. The summed E-state index contributed by atoms with van der Waals surface area (Å²) < 4.78 is 63.2. The third kappa shape index (κ3) is 36.8. The van der Waals surface area contributed by atoms with Crippen LogP contribution in [0.1, 0.15) is 0 Å². The average Bonchev–Trinajstić information content (AvgIpc) is 2.95. The van der Waals surface area contributed by atoms with Gasteiger partial charge in [-0.25, -0.2) is 4.79 Å². The molecule has 0 aliphatic heterocycles. The molecule has 15 heteroatoms. The molecule has 0 aromatic heterocycles. The first kappa shape index (κ1) is 38.8. The number of hydrogen-bond donors (Lipinski definition) is 2. The van der Waals surface area contributed by atoms with Gasteiger partial charge in [-0.05, 0) is 0 Å². The van der Waals surface area contributed by atoms with E-state index in [0.29, 0.717) is 145 Å². The van der Waals surface area contributed by atoms with Gasteiger partial charge in [0.05, 0.1) is 145 Å². The Morgan fingerprint density at radius 1 is 0.350 bits per heavy atom. The van der Waals surface area contributed by atoms with E-state index in [-0.39, 0.29) is 13.2 Å². The van der Waals surface area contributed by atoms with Crippen LogP contribution in [0.3, 0.4) is 0 Å². The van der Waals surface area contributed by atoms with E-state index in [1.807, 2.05) is 0 Å². The zero-order valence-electron chi connectivity index (χ0n) is 23.8. The zero-order valence-corrected chi connectivity index (χ0v) is 23.8. The molecule has 0 heterocycles. The van der Waals surface area contributed by atoms with Gasteiger partial charge in [0, 0.05) is 6.54 Å². The van der Waals surface area contributed by atoms with E-state index in [1.54, 1.807) is 0 Å². The quantitative estimate of drug-likeness (QED) is 0.0735. The molecule has 0 aliphatic rings. The lowest BCUT2D eigenvalue weighted by Crippen LogP contribution is -2.16. The summed E-state index contributed by atoms with van der Waals surface area (Å²) in [6.45, 7) is 11.0. The first-order chi connectivity index (χ1) is 19.8. The Kier molecular flexibility index (Phi) is 34.7. The molecule has 15 nitrogen and oxygen atoms in total. The molecule has 0 spiro atoms. The summed E-state index contributed by atoms with van der Waals surface area (Å²) in [6, 6.07) is 0. The van der Waals surface area contributed by atoms with Crippen molar-refractivity contribution in [2.75, 3.05) is 159 Å². The summed E-state index contributed by atoms with van der Waals surface area (Å²) in [5.41, 5.74) is 5.32. The van der Waals surface area contributed by atoms with Crippen molar-refractivity contribution in [3.63, 3.8) is 0 Å². The molecule has 0 bridgehead atoms. The SMILES string of the molecule is NCCOCCOCCOCCOCCOCCOCCOCCOCCOCCOCCOCCOC(=O)O. The van der Waals surface area contributed by atoms with E-state index < -0.39 is 6.16 Å². The standard InChI is InChI=1S/C25H51NO14/c26-1-2-29-3-4-30-5-6-31-7-8-32-9-10-33-11-12-34-13-14-35-15-16-36-17-18-37-19-20-38-21-22-39-23-24-40-25(27)28/h1-24,26H2,(H,27,28). The Bertz CT molecular complexity index is 492. The fraction of sp³-hybridized carbons (Fsp3) is 0.960. The molecule has 0 radical (unpaired) electrons. The van der Waals surface area contributed by atoms with E-state index in [9.17, 15) is 4.79 Å². The van der Waals surface area contributed by atoms with Crippen molar-refractivity contribution in [1.82, 2.24) is 0 Å². The summed E-state index contributed by atoms with van der Waals surface area (Å²) in [4.78, 5) is 10.1. The van der Waals surface area contributed by atoms with Crippen molar-refractivity contribution < 1.29 is 66.7 Å². The molecule has 3 N–H and O–H groups in total. The van der Waals surface area contributed by atoms with Crippen molar-refractivity contribution in [2.45, 2.75) is 0 Å². The van der Waals surface area contributed by atoms with Crippen LogP contribution < -0.4 is 5.73 Å². The molecule has 0 aromatic carbocycles. The van der Waals surface area contributed by atoms with Crippen LogP contribution in [0.5, 0.6) is 0 Å². The van der Waals surface area contributed by atoms with Gasteiger partial charge >= 0.3 is 6.16 Å². The smallest absolute Gasteiger partial charge is 0.450 e. The van der Waals surface area contributed by atoms with Crippen LogP contribution in [-0.4, -0.2) is 170 Å². The van der Waals surface area contributed by atoms with Gasteiger partial charge in [-0.1, -0.05) is 0 Å². The van der Waals surface area contributed by atoms with Gasteiger partial charge in [0.15, 0.2) is 0 Å². The highest BCUT2D eigenvalue weighted by Crippen LogP contribution is 1.87. The number of nitrogens with two attached hydrogens (primary N) is 1. The Hall–Kier alpha value is -1.21. The highest BCUT2D eigenvalue weighted by molar-refractivity contribution is 5.56. The summed E-state index contributed by atoms with van der Waals surface area (Å²) in [7, 11) is 0. The van der Waals surface area contributed by atoms with Crippen molar-refractivity contribution >= 4 is 6.16 Å². The van der Waals surface area contributed by atoms with Gasteiger partial charge < -0.3 is 67.7 Å². The van der Waals surface area contributed by atoms with E-state index in [0.717, 1.165) is 0 Å². The number of carbonyl (C=O) groups is 1. The molecule has 0 aromatic rings. The van der Waals surface area contributed by atoms with Crippen LogP contribution in [0.15, 0.2) is 0 Å². The van der Waals surface area contributed by atoms with Crippen LogP contribution in [0.25, 0.3) is 0 Å². The summed E-state index contributed by atoms with van der Waals surface area (Å²) in [5, 5.41) is 8.29. The van der Waals surface area contributed by atoms with Gasteiger partial charge in [0.25, 0.3) is 0 Å². The monoisotopic (exact) mass is 589 g/mol. The highest BCUT2D eigenvalue weighted by atomic mass is 16.7. The lowest BCUT2D eigenvalue weighted by Gasteiger charge is -2.09. The molecule has 0 amide bonds. The molecule has 0 unspecified atom stereocenters. The summed E-state index contributed by atoms with van der Waals surface area (Å²) in [6.07, 6.45) is -1.31. The topological polar surface area (TPSA) is 174 Å². The van der Waals surface area contributed by atoms with Crippen molar-refractivity contribution in [2.24, 2.45) is 5.73 Å².